The number of pyridine rings is 1. The Kier molecular flexibility index (Phi) is 4.48. The van der Waals surface area contributed by atoms with E-state index < -0.39 is 15.9 Å². The van der Waals surface area contributed by atoms with Crippen molar-refractivity contribution in [3.63, 3.8) is 0 Å². The van der Waals surface area contributed by atoms with Gasteiger partial charge in [-0.3, -0.25) is 4.98 Å². The van der Waals surface area contributed by atoms with Crippen molar-refractivity contribution in [1.29, 1.82) is 0 Å². The van der Waals surface area contributed by atoms with Crippen molar-refractivity contribution in [2.24, 2.45) is 5.92 Å². The molecule has 0 amide bonds. The van der Waals surface area contributed by atoms with E-state index in [1.165, 1.54) is 6.26 Å². The lowest BCUT2D eigenvalue weighted by atomic mass is 9.83. The molecule has 0 bridgehead atoms. The van der Waals surface area contributed by atoms with Crippen molar-refractivity contribution < 1.29 is 13.5 Å². The van der Waals surface area contributed by atoms with Crippen LogP contribution in [-0.4, -0.2) is 30.0 Å². The molecule has 1 heterocycles. The molecule has 1 aromatic rings. The zero-order valence-corrected chi connectivity index (χ0v) is 12.4. The monoisotopic (exact) mass is 303 g/mol. The van der Waals surface area contributed by atoms with Crippen LogP contribution in [0.1, 0.15) is 37.5 Å². The number of hydrogen-bond donors (Lipinski definition) is 1. The summed E-state index contributed by atoms with van der Waals surface area (Å²) in [5, 5.41) is 10.4. The summed E-state index contributed by atoms with van der Waals surface area (Å²) in [6, 6.07) is 3.39. The van der Waals surface area contributed by atoms with Gasteiger partial charge in [-0.05, 0) is 37.3 Å². The van der Waals surface area contributed by atoms with Crippen molar-refractivity contribution >= 4 is 21.4 Å². The van der Waals surface area contributed by atoms with Crippen LogP contribution in [0.4, 0.5) is 0 Å². The molecule has 106 valence electrons. The Bertz CT molecular complexity index is 547. The predicted octanol–water partition coefficient (Wildman–Crippen LogP) is 2.37. The number of halogens is 1. The van der Waals surface area contributed by atoms with Crippen LogP contribution in [0.3, 0.4) is 0 Å². The van der Waals surface area contributed by atoms with Gasteiger partial charge in [0, 0.05) is 12.5 Å². The van der Waals surface area contributed by atoms with Gasteiger partial charge in [0.25, 0.3) is 0 Å². The number of rotatable bonds is 3. The number of aliphatic hydroxyl groups excluding tert-OH is 1. The van der Waals surface area contributed by atoms with Crippen LogP contribution in [0.2, 0.25) is 5.02 Å². The maximum Gasteiger partial charge on any atom is 0.150 e. The molecule has 1 aliphatic rings. The first-order valence-corrected chi connectivity index (χ1v) is 8.70. The van der Waals surface area contributed by atoms with Crippen molar-refractivity contribution in [2.45, 2.75) is 37.0 Å². The lowest BCUT2D eigenvalue weighted by molar-refractivity contribution is 0.0821. The second-order valence-corrected chi connectivity index (χ2v) is 7.93. The molecule has 1 fully saturated rings. The highest BCUT2D eigenvalue weighted by molar-refractivity contribution is 7.91. The summed E-state index contributed by atoms with van der Waals surface area (Å²) in [6.07, 6.45) is 4.83. The van der Waals surface area contributed by atoms with Crippen molar-refractivity contribution in [3.8, 4) is 0 Å². The van der Waals surface area contributed by atoms with Gasteiger partial charge in [-0.15, -0.1) is 0 Å². The zero-order valence-electron chi connectivity index (χ0n) is 10.8. The molecule has 0 aromatic carbocycles. The van der Waals surface area contributed by atoms with Gasteiger partial charge in [0.2, 0.25) is 0 Å². The fourth-order valence-electron chi connectivity index (χ4n) is 2.70. The number of sulfone groups is 1. The topological polar surface area (TPSA) is 67.3 Å². The highest BCUT2D eigenvalue weighted by Crippen LogP contribution is 2.37. The van der Waals surface area contributed by atoms with Crippen molar-refractivity contribution in [3.05, 3.63) is 29.0 Å². The first-order chi connectivity index (χ1) is 8.89. The van der Waals surface area contributed by atoms with Gasteiger partial charge >= 0.3 is 0 Å². The van der Waals surface area contributed by atoms with E-state index in [0.717, 1.165) is 12.8 Å². The molecule has 6 heteroatoms. The van der Waals surface area contributed by atoms with Crippen LogP contribution < -0.4 is 0 Å². The van der Waals surface area contributed by atoms with Gasteiger partial charge in [0.05, 0.1) is 16.0 Å². The van der Waals surface area contributed by atoms with Gasteiger partial charge in [-0.1, -0.05) is 18.0 Å². The number of aromatic nitrogens is 1. The van der Waals surface area contributed by atoms with Gasteiger partial charge in [0.1, 0.15) is 15.9 Å². The van der Waals surface area contributed by atoms with E-state index in [-0.39, 0.29) is 11.2 Å². The molecule has 1 N–H and O–H groups in total. The minimum Gasteiger partial charge on any atom is -0.386 e. The Balaban J connectivity index is 2.16. The van der Waals surface area contributed by atoms with E-state index in [0.29, 0.717) is 23.6 Å². The Morgan fingerprint density at radius 3 is 2.84 bits per heavy atom. The van der Waals surface area contributed by atoms with Gasteiger partial charge in [0.15, 0.2) is 0 Å². The third-order valence-corrected chi connectivity index (χ3v) is 5.74. The predicted molar refractivity (Wildman–Crippen MR) is 74.8 cm³/mol. The first-order valence-electron chi connectivity index (χ1n) is 6.37. The van der Waals surface area contributed by atoms with E-state index in [2.05, 4.69) is 4.98 Å². The van der Waals surface area contributed by atoms with E-state index in [9.17, 15) is 13.5 Å². The Labute approximate surface area is 118 Å². The Hall–Kier alpha value is -0.650. The summed E-state index contributed by atoms with van der Waals surface area (Å²) in [5.74, 6) is -0.0964. The van der Waals surface area contributed by atoms with Crippen LogP contribution in [0.15, 0.2) is 18.3 Å². The summed E-state index contributed by atoms with van der Waals surface area (Å²) >= 11 is 6.02. The highest BCUT2D eigenvalue weighted by Gasteiger charge is 2.34. The summed E-state index contributed by atoms with van der Waals surface area (Å²) < 4.78 is 23.3. The molecule has 3 unspecified atom stereocenters. The Morgan fingerprint density at radius 2 is 2.21 bits per heavy atom. The van der Waals surface area contributed by atoms with E-state index in [1.54, 1.807) is 18.3 Å². The van der Waals surface area contributed by atoms with Crippen LogP contribution in [-0.2, 0) is 9.84 Å². The van der Waals surface area contributed by atoms with Crippen LogP contribution in [0.25, 0.3) is 0 Å². The molecule has 4 nitrogen and oxygen atoms in total. The fourth-order valence-corrected chi connectivity index (χ4v) is 4.12. The molecule has 1 aromatic heterocycles. The third kappa shape index (κ3) is 3.46. The second-order valence-electron chi connectivity index (χ2n) is 5.19. The van der Waals surface area contributed by atoms with E-state index in [1.807, 2.05) is 0 Å². The largest absolute Gasteiger partial charge is 0.386 e. The zero-order chi connectivity index (χ0) is 14.0. The SMILES string of the molecule is CS(=O)(=O)C1CCCC(C(O)c2ncccc2Cl)C1. The summed E-state index contributed by atoms with van der Waals surface area (Å²) in [6.45, 7) is 0. The van der Waals surface area contributed by atoms with Gasteiger partial charge < -0.3 is 5.11 Å². The maximum atomic E-state index is 11.6. The lowest BCUT2D eigenvalue weighted by Crippen LogP contribution is -2.30. The summed E-state index contributed by atoms with van der Waals surface area (Å²) in [5.41, 5.74) is 0.448. The molecule has 2 rings (SSSR count). The van der Waals surface area contributed by atoms with E-state index in [4.69, 9.17) is 11.6 Å². The molecule has 19 heavy (non-hydrogen) atoms. The molecule has 0 radical (unpaired) electrons. The third-order valence-electron chi connectivity index (χ3n) is 3.79. The average molecular weight is 304 g/mol. The highest BCUT2D eigenvalue weighted by atomic mass is 35.5. The fraction of sp³-hybridized carbons (Fsp3) is 0.615. The van der Waals surface area contributed by atoms with E-state index >= 15 is 0 Å². The smallest absolute Gasteiger partial charge is 0.150 e. The lowest BCUT2D eigenvalue weighted by Gasteiger charge is -2.31. The van der Waals surface area contributed by atoms with Gasteiger partial charge in [-0.2, -0.15) is 0 Å². The molecule has 1 saturated carbocycles. The number of hydrogen-bond acceptors (Lipinski definition) is 4. The maximum absolute atomic E-state index is 11.6. The molecular formula is C13H18ClNO3S. The van der Waals surface area contributed by atoms with Crippen LogP contribution in [0, 0.1) is 5.92 Å². The minimum absolute atomic E-state index is 0.0964. The molecule has 0 saturated heterocycles. The average Bonchev–Trinajstić information content (AvgIpc) is 2.38. The summed E-state index contributed by atoms with van der Waals surface area (Å²) in [7, 11) is -3.05. The number of nitrogens with zero attached hydrogens (tertiary/aromatic N) is 1. The van der Waals surface area contributed by atoms with Crippen LogP contribution >= 0.6 is 11.6 Å². The van der Waals surface area contributed by atoms with Crippen molar-refractivity contribution in [2.75, 3.05) is 6.26 Å². The number of aliphatic hydroxyl groups is 1. The quantitative estimate of drug-likeness (QED) is 0.931. The minimum atomic E-state index is -3.05. The second kappa shape index (κ2) is 5.77. The summed E-state index contributed by atoms with van der Waals surface area (Å²) in [4.78, 5) is 4.11. The van der Waals surface area contributed by atoms with Gasteiger partial charge in [-0.25, -0.2) is 8.42 Å². The molecule has 0 spiro atoms. The normalized spacial score (nSPS) is 26.1. The molecular weight excluding hydrogens is 286 g/mol. The van der Waals surface area contributed by atoms with Crippen LogP contribution in [0.5, 0.6) is 0 Å². The Morgan fingerprint density at radius 1 is 1.47 bits per heavy atom. The standard InChI is InChI=1S/C13H18ClNO3S/c1-19(17,18)10-5-2-4-9(8-10)13(16)12-11(14)6-3-7-15-12/h3,6-7,9-10,13,16H,2,4-5,8H2,1H3. The molecule has 3 atom stereocenters. The van der Waals surface area contributed by atoms with Crippen molar-refractivity contribution in [1.82, 2.24) is 4.98 Å². The first kappa shape index (κ1) is 14.8. The molecule has 1 aliphatic carbocycles. The molecule has 0 aliphatic heterocycles.